The molecule has 6 rings (SSSR count). The monoisotopic (exact) mass is 503 g/mol. The zero-order valence-electron chi connectivity index (χ0n) is 16.2. The number of carbonyl (C=O) groups excluding carboxylic acids is 2. The van der Waals surface area contributed by atoms with Crippen molar-refractivity contribution in [2.45, 2.75) is 33.9 Å². The molecule has 2 aromatic carbocycles. The number of para-hydroxylation sites is 1. The highest BCUT2D eigenvalue weighted by Gasteiger charge is 2.68. The first-order chi connectivity index (χ1) is 14.9. The van der Waals surface area contributed by atoms with E-state index in [9.17, 15) is 18.0 Å². The first kappa shape index (κ1) is 19.3. The number of ether oxygens (including phenoxy) is 1. The molecule has 0 N–H and O–H groups in total. The van der Waals surface area contributed by atoms with Gasteiger partial charge in [-0.25, -0.2) is 12.7 Å². The van der Waals surface area contributed by atoms with Crippen molar-refractivity contribution in [3.8, 4) is 0 Å². The second-order valence-electron chi connectivity index (χ2n) is 8.16. The lowest BCUT2D eigenvalue weighted by Gasteiger charge is -2.42. The Kier molecular flexibility index (Phi) is 3.92. The van der Waals surface area contributed by atoms with Crippen LogP contribution in [0.3, 0.4) is 0 Å². The molecule has 4 aliphatic rings. The number of hydrogen-bond acceptors (Lipinski definition) is 5. The van der Waals surface area contributed by atoms with Gasteiger partial charge in [-0.15, -0.1) is 0 Å². The van der Waals surface area contributed by atoms with Gasteiger partial charge in [0, 0.05) is 6.42 Å². The number of alkyl halides is 1. The number of hydrogen-bond donors (Lipinski definition) is 0. The van der Waals surface area contributed by atoms with E-state index in [0.717, 1.165) is 5.56 Å². The molecule has 0 bridgehead atoms. The predicted octanol–water partition coefficient (Wildman–Crippen LogP) is 1.61. The Morgan fingerprint density at radius 2 is 1.68 bits per heavy atom. The number of anilines is 1. The zero-order chi connectivity index (χ0) is 21.5. The molecule has 0 aliphatic carbocycles. The maximum Gasteiger partial charge on any atom is 0.266 e. The fourth-order valence-corrected chi connectivity index (χ4v) is 8.14. The molecule has 4 atom stereocenters. The molecule has 0 saturated carbocycles. The largest absolute Gasteiger partial charge is 0.358 e. The highest BCUT2D eigenvalue weighted by Crippen LogP contribution is 2.60. The van der Waals surface area contributed by atoms with E-state index in [2.05, 4.69) is 15.9 Å². The van der Waals surface area contributed by atoms with E-state index in [1.807, 2.05) is 12.1 Å². The van der Waals surface area contributed by atoms with Crippen molar-refractivity contribution < 1.29 is 22.7 Å². The maximum absolute atomic E-state index is 13.8. The second-order valence-corrected chi connectivity index (χ2v) is 11.4. The summed E-state index contributed by atoms with van der Waals surface area (Å²) in [4.78, 5) is 29.8. The Balaban J connectivity index is 1.56. The molecule has 3 saturated heterocycles. The Morgan fingerprint density at radius 1 is 0.968 bits per heavy atom. The van der Waals surface area contributed by atoms with Crippen molar-refractivity contribution in [1.29, 1.82) is 0 Å². The van der Waals surface area contributed by atoms with Crippen LogP contribution in [-0.4, -0.2) is 61.6 Å². The molecule has 8 nitrogen and oxygen atoms in total. The van der Waals surface area contributed by atoms with Gasteiger partial charge in [-0.2, -0.15) is 0 Å². The van der Waals surface area contributed by atoms with Crippen molar-refractivity contribution in [2.24, 2.45) is 0 Å². The van der Waals surface area contributed by atoms with Crippen LogP contribution < -0.4 is 4.31 Å². The third kappa shape index (κ3) is 2.35. The molecule has 31 heavy (non-hydrogen) atoms. The van der Waals surface area contributed by atoms with Crippen molar-refractivity contribution in [3.05, 3.63) is 60.2 Å². The second kappa shape index (κ2) is 6.30. The van der Waals surface area contributed by atoms with Crippen LogP contribution >= 0.6 is 15.9 Å². The quantitative estimate of drug-likeness (QED) is 0.581. The predicted molar refractivity (Wildman–Crippen MR) is 114 cm³/mol. The number of halogens is 1. The van der Waals surface area contributed by atoms with Crippen LogP contribution in [0, 0.1) is 0 Å². The minimum atomic E-state index is -4.00. The number of nitrogens with zero attached hydrogens (tertiary/aromatic N) is 3. The first-order valence-electron chi connectivity index (χ1n) is 9.94. The molecule has 2 aromatic rings. The Bertz CT molecular complexity index is 1220. The van der Waals surface area contributed by atoms with Crippen LogP contribution in [0.2, 0.25) is 0 Å². The summed E-state index contributed by atoms with van der Waals surface area (Å²) < 4.78 is 33.4. The lowest BCUT2D eigenvalue weighted by molar-refractivity contribution is -0.158. The van der Waals surface area contributed by atoms with Crippen LogP contribution in [0.4, 0.5) is 5.69 Å². The maximum atomic E-state index is 13.8. The van der Waals surface area contributed by atoms with E-state index in [-0.39, 0.29) is 36.5 Å². The van der Waals surface area contributed by atoms with Crippen LogP contribution in [0.5, 0.6) is 0 Å². The summed E-state index contributed by atoms with van der Waals surface area (Å²) in [5.41, 5.74) is 1.27. The highest BCUT2D eigenvalue weighted by atomic mass is 79.9. The summed E-state index contributed by atoms with van der Waals surface area (Å²) in [5.74, 6) is -0.487. The summed E-state index contributed by atoms with van der Waals surface area (Å²) >= 11 is 3.80. The lowest BCUT2D eigenvalue weighted by atomic mass is 9.95. The minimum absolute atomic E-state index is 0.0855. The molecule has 10 heteroatoms. The number of rotatable bonds is 2. The summed E-state index contributed by atoms with van der Waals surface area (Å²) in [6, 6.07) is 13.9. The normalized spacial score (nSPS) is 31.5. The van der Waals surface area contributed by atoms with Crippen molar-refractivity contribution in [3.63, 3.8) is 0 Å². The molecule has 0 aromatic heterocycles. The van der Waals surface area contributed by atoms with E-state index < -0.39 is 32.6 Å². The topological polar surface area (TPSA) is 87.2 Å². The number of sulfonamides is 1. The van der Waals surface area contributed by atoms with E-state index in [1.54, 1.807) is 30.3 Å². The van der Waals surface area contributed by atoms with Crippen molar-refractivity contribution >= 4 is 43.5 Å². The summed E-state index contributed by atoms with van der Waals surface area (Å²) in [7, 11) is -4.00. The Hall–Kier alpha value is -2.43. The lowest BCUT2D eigenvalue weighted by Crippen LogP contribution is -2.65. The van der Waals surface area contributed by atoms with Gasteiger partial charge < -0.3 is 14.5 Å². The van der Waals surface area contributed by atoms with Crippen molar-refractivity contribution in [1.82, 2.24) is 9.80 Å². The first-order valence-corrected chi connectivity index (χ1v) is 12.2. The fourth-order valence-electron chi connectivity index (χ4n) is 5.25. The van der Waals surface area contributed by atoms with Gasteiger partial charge in [0.1, 0.15) is 25.0 Å². The number of piperazine rings is 1. The van der Waals surface area contributed by atoms with Gasteiger partial charge in [0.25, 0.3) is 10.0 Å². The number of carbonyl (C=O) groups is 2. The SMILES string of the molecule is O=C1[C@@H]2C[C@]3(Br)c4ccccc4N(S(=O)(=O)c4ccccc4)[C@@H]3N2C(=O)[C@@H]2COCN12. The number of benzene rings is 2. The highest BCUT2D eigenvalue weighted by molar-refractivity contribution is 9.09. The average molecular weight is 504 g/mol. The molecular formula is C21H18BrN3O5S. The molecule has 3 fully saturated rings. The Morgan fingerprint density at radius 3 is 2.45 bits per heavy atom. The molecule has 2 amide bonds. The molecule has 0 radical (unpaired) electrons. The summed E-state index contributed by atoms with van der Waals surface area (Å²) in [6.45, 7) is 0.205. The van der Waals surface area contributed by atoms with E-state index in [1.165, 1.54) is 26.2 Å². The number of amides is 2. The molecule has 4 aliphatic heterocycles. The molecule has 4 heterocycles. The molecule has 0 unspecified atom stereocenters. The average Bonchev–Trinajstić information content (AvgIpc) is 3.44. The minimum Gasteiger partial charge on any atom is -0.358 e. The smallest absolute Gasteiger partial charge is 0.266 e. The van der Waals surface area contributed by atoms with E-state index in [4.69, 9.17) is 4.74 Å². The number of fused-ring (bicyclic) bond motifs is 6. The molecule has 160 valence electrons. The van der Waals surface area contributed by atoms with Gasteiger partial charge in [0.2, 0.25) is 11.8 Å². The zero-order valence-corrected chi connectivity index (χ0v) is 18.6. The van der Waals surface area contributed by atoms with Gasteiger partial charge in [-0.1, -0.05) is 52.3 Å². The van der Waals surface area contributed by atoms with Crippen LogP contribution in [0.15, 0.2) is 59.5 Å². The van der Waals surface area contributed by atoms with Gasteiger partial charge in [0.15, 0.2) is 0 Å². The van der Waals surface area contributed by atoms with E-state index in [0.29, 0.717) is 5.69 Å². The third-order valence-electron chi connectivity index (χ3n) is 6.60. The third-order valence-corrected chi connectivity index (χ3v) is 9.54. The standard InChI is InChI=1S/C21H18BrN3O5S/c22-21-10-16-18(26)23-12-30-11-17(23)19(27)24(16)20(21)25(15-9-5-4-8-14(15)21)31(28,29)13-6-2-1-3-7-13/h1-9,16-17,20H,10-12H2/t16-,17-,20-,21-/m0/s1. The van der Waals surface area contributed by atoms with E-state index >= 15 is 0 Å². The fraction of sp³-hybridized carbons (Fsp3) is 0.333. The molecule has 0 spiro atoms. The summed E-state index contributed by atoms with van der Waals surface area (Å²) in [6.07, 6.45) is -0.608. The Labute approximate surface area is 187 Å². The van der Waals surface area contributed by atoms with Gasteiger partial charge in [-0.3, -0.25) is 9.59 Å². The van der Waals surface area contributed by atoms with Crippen LogP contribution in [0.1, 0.15) is 12.0 Å². The summed E-state index contributed by atoms with van der Waals surface area (Å²) in [5, 5.41) is 0. The van der Waals surface area contributed by atoms with Crippen molar-refractivity contribution in [2.75, 3.05) is 17.6 Å². The van der Waals surface area contributed by atoms with Crippen LogP contribution in [-0.2, 0) is 28.7 Å². The van der Waals surface area contributed by atoms with Crippen LogP contribution in [0.25, 0.3) is 0 Å². The molecular weight excluding hydrogens is 486 g/mol. The van der Waals surface area contributed by atoms with Gasteiger partial charge in [-0.05, 0) is 23.8 Å². The van der Waals surface area contributed by atoms with Gasteiger partial charge in [0.05, 0.1) is 21.5 Å². The van der Waals surface area contributed by atoms with Gasteiger partial charge >= 0.3 is 0 Å².